The number of urea groups is 1. The number of carbonyl (C=O) groups excluding carboxylic acids is 1. The van der Waals surface area contributed by atoms with Crippen LogP contribution in [0.15, 0.2) is 5.10 Å². The molecule has 2 amide bonds. The van der Waals surface area contributed by atoms with Crippen LogP contribution in [0.5, 0.6) is 0 Å². The first-order valence-corrected chi connectivity index (χ1v) is 11.1. The van der Waals surface area contributed by atoms with Crippen LogP contribution in [0, 0.1) is 40.4 Å². The summed E-state index contributed by atoms with van der Waals surface area (Å²) in [7, 11) is 0. The summed E-state index contributed by atoms with van der Waals surface area (Å²) >= 11 is 0. The fraction of sp³-hybridized carbons (Fsp3) is 0.909. The molecule has 0 aliphatic heterocycles. The summed E-state index contributed by atoms with van der Waals surface area (Å²) in [5, 5.41) is 25.8. The lowest BCUT2D eigenvalue weighted by atomic mass is 9.44. The van der Waals surface area contributed by atoms with Gasteiger partial charge in [-0.1, -0.05) is 13.8 Å². The molecule has 0 spiro atoms. The summed E-state index contributed by atoms with van der Waals surface area (Å²) in [5.74, 6) is 2.46. The topological polar surface area (TPSA) is 108 Å². The van der Waals surface area contributed by atoms with Gasteiger partial charge >= 0.3 is 6.03 Å². The number of hydrogen-bond acceptors (Lipinski definition) is 4. The van der Waals surface area contributed by atoms with E-state index in [9.17, 15) is 15.0 Å². The SMILES string of the molecule is CC(=NNC(N)=O)[C@H]1CC[C@H]2[C@@H]3CC[C@@H]4C[C@@H](O)CC[C@]4(C)[C@H]3C[C@@H](O)[C@]12C. The molecule has 9 atom stereocenters. The van der Waals surface area contributed by atoms with Crippen LogP contribution in [0.25, 0.3) is 0 Å². The van der Waals surface area contributed by atoms with Crippen molar-refractivity contribution in [3.8, 4) is 0 Å². The van der Waals surface area contributed by atoms with E-state index in [1.165, 1.54) is 12.8 Å². The smallest absolute Gasteiger partial charge is 0.332 e. The third kappa shape index (κ3) is 2.90. The highest BCUT2D eigenvalue weighted by Gasteiger charge is 2.63. The highest BCUT2D eigenvalue weighted by atomic mass is 16.3. The molecule has 158 valence electrons. The summed E-state index contributed by atoms with van der Waals surface area (Å²) in [6, 6.07) is -0.644. The van der Waals surface area contributed by atoms with E-state index in [2.05, 4.69) is 24.4 Å². The van der Waals surface area contributed by atoms with Crippen molar-refractivity contribution in [2.75, 3.05) is 0 Å². The number of hydrazone groups is 1. The van der Waals surface area contributed by atoms with Gasteiger partial charge in [0.15, 0.2) is 0 Å². The molecule has 6 heteroatoms. The van der Waals surface area contributed by atoms with Crippen LogP contribution in [-0.2, 0) is 0 Å². The molecule has 0 aromatic heterocycles. The third-order valence-corrected chi connectivity index (χ3v) is 9.59. The van der Waals surface area contributed by atoms with Crippen LogP contribution in [-0.4, -0.2) is 34.2 Å². The van der Waals surface area contributed by atoms with Gasteiger partial charge < -0.3 is 15.9 Å². The zero-order chi connectivity index (χ0) is 20.3. The predicted octanol–water partition coefficient (Wildman–Crippen LogP) is 3.02. The Kier molecular flexibility index (Phi) is 5.02. The van der Waals surface area contributed by atoms with Gasteiger partial charge in [-0.25, -0.2) is 10.2 Å². The summed E-state index contributed by atoms with van der Waals surface area (Å²) in [5.41, 5.74) is 8.49. The molecule has 4 fully saturated rings. The van der Waals surface area contributed by atoms with Crippen molar-refractivity contribution < 1.29 is 15.0 Å². The second kappa shape index (κ2) is 6.98. The van der Waals surface area contributed by atoms with Crippen molar-refractivity contribution in [2.45, 2.75) is 84.3 Å². The Morgan fingerprint density at radius 2 is 1.82 bits per heavy atom. The number of rotatable bonds is 2. The lowest BCUT2D eigenvalue weighted by Crippen LogP contribution is -2.59. The lowest BCUT2D eigenvalue weighted by molar-refractivity contribution is -0.166. The Bertz CT molecular complexity index is 667. The van der Waals surface area contributed by atoms with Crippen molar-refractivity contribution in [1.29, 1.82) is 0 Å². The minimum absolute atomic E-state index is 0.138. The van der Waals surface area contributed by atoms with Crippen LogP contribution in [0.3, 0.4) is 0 Å². The van der Waals surface area contributed by atoms with Crippen molar-refractivity contribution in [3.05, 3.63) is 0 Å². The quantitative estimate of drug-likeness (QED) is 0.429. The van der Waals surface area contributed by atoms with E-state index in [1.54, 1.807) is 0 Å². The van der Waals surface area contributed by atoms with Crippen LogP contribution < -0.4 is 11.2 Å². The minimum atomic E-state index is -0.644. The summed E-state index contributed by atoms with van der Waals surface area (Å²) in [6.07, 6.45) is 7.84. The fourth-order valence-corrected chi connectivity index (χ4v) is 8.10. The molecule has 5 N–H and O–H groups in total. The molecule has 0 aromatic carbocycles. The zero-order valence-electron chi connectivity index (χ0n) is 17.5. The number of primary amides is 1. The molecule has 0 bridgehead atoms. The van der Waals surface area contributed by atoms with Crippen molar-refractivity contribution in [1.82, 2.24) is 5.43 Å². The number of nitrogens with one attached hydrogen (secondary N) is 1. The van der Waals surface area contributed by atoms with Gasteiger partial charge in [0.2, 0.25) is 0 Å². The number of nitrogens with two attached hydrogens (primary N) is 1. The summed E-state index contributed by atoms with van der Waals surface area (Å²) < 4.78 is 0. The Balaban J connectivity index is 1.61. The first-order valence-electron chi connectivity index (χ1n) is 11.1. The number of hydrogen-bond donors (Lipinski definition) is 4. The van der Waals surface area contributed by atoms with Gasteiger partial charge in [0, 0.05) is 17.0 Å². The molecular formula is C22H37N3O3. The van der Waals surface area contributed by atoms with E-state index in [1.807, 2.05) is 6.92 Å². The number of fused-ring (bicyclic) bond motifs is 5. The largest absolute Gasteiger partial charge is 0.393 e. The van der Waals surface area contributed by atoms with Gasteiger partial charge in [-0.05, 0) is 87.4 Å². The van der Waals surface area contributed by atoms with Gasteiger partial charge in [-0.2, -0.15) is 5.10 Å². The number of aliphatic hydroxyl groups is 2. The summed E-state index contributed by atoms with van der Waals surface area (Å²) in [6.45, 7) is 6.64. The molecule has 0 heterocycles. The van der Waals surface area contributed by atoms with Crippen molar-refractivity contribution in [3.63, 3.8) is 0 Å². The Hall–Kier alpha value is -1.14. The van der Waals surface area contributed by atoms with Crippen LogP contribution in [0.2, 0.25) is 0 Å². The fourth-order valence-electron chi connectivity index (χ4n) is 8.10. The Morgan fingerprint density at radius 1 is 1.07 bits per heavy atom. The monoisotopic (exact) mass is 391 g/mol. The second-order valence-electron chi connectivity index (χ2n) is 10.6. The van der Waals surface area contributed by atoms with E-state index in [0.29, 0.717) is 23.7 Å². The molecule has 0 aromatic rings. The van der Waals surface area contributed by atoms with E-state index < -0.39 is 6.03 Å². The number of carbonyl (C=O) groups is 1. The molecule has 0 saturated heterocycles. The maximum absolute atomic E-state index is 11.4. The molecule has 4 aliphatic rings. The van der Waals surface area contributed by atoms with Crippen LogP contribution in [0.1, 0.15) is 72.1 Å². The third-order valence-electron chi connectivity index (χ3n) is 9.59. The van der Waals surface area contributed by atoms with Gasteiger partial charge in [-0.3, -0.25) is 0 Å². The van der Waals surface area contributed by atoms with Gasteiger partial charge in [-0.15, -0.1) is 0 Å². The van der Waals surface area contributed by atoms with Gasteiger partial charge in [0.25, 0.3) is 0 Å². The molecule has 28 heavy (non-hydrogen) atoms. The predicted molar refractivity (Wildman–Crippen MR) is 108 cm³/mol. The van der Waals surface area contributed by atoms with Crippen LogP contribution in [0.4, 0.5) is 4.79 Å². The highest BCUT2D eigenvalue weighted by molar-refractivity contribution is 5.86. The molecule has 6 nitrogen and oxygen atoms in total. The van der Waals surface area contributed by atoms with Crippen LogP contribution >= 0.6 is 0 Å². The maximum atomic E-state index is 11.4. The highest BCUT2D eigenvalue weighted by Crippen LogP contribution is 2.67. The van der Waals surface area contributed by atoms with E-state index in [0.717, 1.165) is 44.2 Å². The molecule has 0 unspecified atom stereocenters. The minimum Gasteiger partial charge on any atom is -0.393 e. The molecular weight excluding hydrogens is 354 g/mol. The van der Waals surface area contributed by atoms with Crippen molar-refractivity contribution in [2.24, 2.45) is 51.3 Å². The Labute approximate surface area is 168 Å². The summed E-state index contributed by atoms with van der Waals surface area (Å²) in [4.78, 5) is 11.1. The van der Waals surface area contributed by atoms with Gasteiger partial charge in [0.1, 0.15) is 0 Å². The Morgan fingerprint density at radius 3 is 2.54 bits per heavy atom. The first kappa shape index (κ1) is 20.1. The molecule has 4 saturated carbocycles. The molecule has 4 rings (SSSR count). The number of amides is 2. The number of aliphatic hydroxyl groups excluding tert-OH is 2. The van der Waals surface area contributed by atoms with Gasteiger partial charge in [0.05, 0.1) is 12.2 Å². The first-order chi connectivity index (χ1) is 13.2. The molecule has 4 aliphatic carbocycles. The molecule has 0 radical (unpaired) electrons. The lowest BCUT2D eigenvalue weighted by Gasteiger charge is -2.62. The average molecular weight is 392 g/mol. The van der Waals surface area contributed by atoms with E-state index >= 15 is 0 Å². The van der Waals surface area contributed by atoms with Crippen molar-refractivity contribution >= 4 is 11.7 Å². The second-order valence-corrected chi connectivity index (χ2v) is 10.6. The zero-order valence-corrected chi connectivity index (χ0v) is 17.5. The standard InChI is InChI=1S/C22H37N3O3/c1-12(24-25-20(23)28)16-6-7-17-15-5-4-13-10-14(26)8-9-21(13,2)18(15)11-19(27)22(16,17)3/h13-19,26-27H,4-11H2,1-3H3,(H3,23,25,28)/t13-,14+,15+,16-,17+,18+,19-,21+,22-/m1/s1. The normalized spacial score (nSPS) is 51.0. The number of nitrogens with zero attached hydrogens (tertiary/aromatic N) is 1. The maximum Gasteiger partial charge on any atom is 0.332 e. The average Bonchev–Trinajstić information content (AvgIpc) is 3.00. The van der Waals surface area contributed by atoms with E-state index in [4.69, 9.17) is 5.73 Å². The van der Waals surface area contributed by atoms with E-state index in [-0.39, 0.29) is 29.0 Å².